The highest BCUT2D eigenvalue weighted by Crippen LogP contribution is 2.23. The lowest BCUT2D eigenvalue weighted by Gasteiger charge is -2.17. The first-order valence-corrected chi connectivity index (χ1v) is 10.5. The average molecular weight is 492 g/mol. The van der Waals surface area contributed by atoms with Crippen molar-refractivity contribution >= 4 is 58.4 Å². The van der Waals surface area contributed by atoms with Crippen LogP contribution in [0, 0.1) is 5.92 Å². The first-order valence-electron chi connectivity index (χ1n) is 9.78. The number of hydrogen-bond acceptors (Lipinski definition) is 6. The van der Waals surface area contributed by atoms with Gasteiger partial charge in [-0.3, -0.25) is 34.4 Å². The summed E-state index contributed by atoms with van der Waals surface area (Å²) in [4.78, 5) is 60.3. The number of ether oxygens (including phenoxy) is 1. The number of amides is 3. The van der Waals surface area contributed by atoms with Crippen molar-refractivity contribution in [1.82, 2.24) is 10.4 Å². The van der Waals surface area contributed by atoms with Crippen LogP contribution in [0.25, 0.3) is 0 Å². The second-order valence-electron chi connectivity index (χ2n) is 7.27. The molecule has 1 aliphatic heterocycles. The lowest BCUT2D eigenvalue weighted by Crippen LogP contribution is -2.43. The molecule has 2 N–H and O–H groups in total. The van der Waals surface area contributed by atoms with Crippen LogP contribution in [0.4, 0.5) is 5.69 Å². The van der Waals surface area contributed by atoms with Gasteiger partial charge in [-0.2, -0.15) is 0 Å². The van der Waals surface area contributed by atoms with Crippen LogP contribution >= 0.6 is 23.2 Å². The SMILES string of the molecule is CC(=O)c1cccc(NC(=O)COC(=O)[C@@H]2CC(=O)N(NC(=O)c3ccc(Cl)c(Cl)c3)C2)c1. The van der Waals surface area contributed by atoms with Gasteiger partial charge < -0.3 is 10.1 Å². The number of rotatable bonds is 7. The Kier molecular flexibility index (Phi) is 7.67. The summed E-state index contributed by atoms with van der Waals surface area (Å²) in [5, 5.41) is 4.01. The molecule has 2 aromatic rings. The summed E-state index contributed by atoms with van der Waals surface area (Å²) in [6.45, 7) is 0.735. The van der Waals surface area contributed by atoms with Crippen LogP contribution < -0.4 is 10.7 Å². The van der Waals surface area contributed by atoms with E-state index in [2.05, 4.69) is 10.7 Å². The molecule has 1 aliphatic rings. The van der Waals surface area contributed by atoms with Crippen LogP contribution in [0.3, 0.4) is 0 Å². The van der Waals surface area contributed by atoms with Crippen molar-refractivity contribution in [2.75, 3.05) is 18.5 Å². The molecule has 0 saturated carbocycles. The van der Waals surface area contributed by atoms with E-state index in [1.807, 2.05) is 0 Å². The van der Waals surface area contributed by atoms with Gasteiger partial charge in [0.2, 0.25) is 5.91 Å². The summed E-state index contributed by atoms with van der Waals surface area (Å²) < 4.78 is 5.01. The third-order valence-corrected chi connectivity index (χ3v) is 5.51. The first-order chi connectivity index (χ1) is 15.6. The number of halogens is 2. The standard InChI is InChI=1S/C22H19Cl2N3O6/c1-12(28)13-3-2-4-16(7-13)25-19(29)11-33-22(32)15-9-20(30)27(10-15)26-21(31)14-5-6-17(23)18(24)8-14/h2-8,15H,9-11H2,1H3,(H,25,29)(H,26,31)/t15-/m1/s1. The lowest BCUT2D eigenvalue weighted by molar-refractivity contribution is -0.151. The second kappa shape index (κ2) is 10.5. The van der Waals surface area contributed by atoms with E-state index in [0.717, 1.165) is 5.01 Å². The van der Waals surface area contributed by atoms with Gasteiger partial charge in [0.15, 0.2) is 12.4 Å². The smallest absolute Gasteiger partial charge is 0.311 e. The van der Waals surface area contributed by atoms with Crippen LogP contribution in [0.1, 0.15) is 34.1 Å². The molecule has 1 saturated heterocycles. The van der Waals surface area contributed by atoms with Gasteiger partial charge in [0.05, 0.1) is 22.5 Å². The van der Waals surface area contributed by atoms with Crippen LogP contribution in [-0.2, 0) is 19.1 Å². The van der Waals surface area contributed by atoms with Crippen molar-refractivity contribution in [3.63, 3.8) is 0 Å². The number of hydrazine groups is 1. The van der Waals surface area contributed by atoms with Gasteiger partial charge in [-0.1, -0.05) is 35.3 Å². The highest BCUT2D eigenvalue weighted by molar-refractivity contribution is 6.42. The van der Waals surface area contributed by atoms with E-state index in [4.69, 9.17) is 27.9 Å². The fraction of sp³-hybridized carbons (Fsp3) is 0.227. The Hall–Kier alpha value is -3.43. The summed E-state index contributed by atoms with van der Waals surface area (Å²) in [5.74, 6) is -3.42. The molecule has 3 amide bonds. The van der Waals surface area contributed by atoms with Crippen molar-refractivity contribution in [2.24, 2.45) is 5.92 Å². The number of benzene rings is 2. The zero-order valence-corrected chi connectivity index (χ0v) is 18.9. The molecule has 2 aromatic carbocycles. The minimum Gasteiger partial charge on any atom is -0.455 e. The average Bonchev–Trinajstić information content (AvgIpc) is 3.14. The first kappa shape index (κ1) is 24.2. The zero-order chi connectivity index (χ0) is 24.1. The number of ketones is 1. The van der Waals surface area contributed by atoms with Crippen molar-refractivity contribution < 1.29 is 28.7 Å². The van der Waals surface area contributed by atoms with Gasteiger partial charge in [-0.05, 0) is 37.3 Å². The number of Topliss-reactive ketones (excluding diaryl/α,β-unsaturated/α-hetero) is 1. The Morgan fingerprint density at radius 1 is 1.06 bits per heavy atom. The third-order valence-electron chi connectivity index (χ3n) is 4.78. The molecule has 1 heterocycles. The minimum absolute atomic E-state index is 0.104. The molecule has 11 heteroatoms. The molecule has 0 radical (unpaired) electrons. The summed E-state index contributed by atoms with van der Waals surface area (Å²) in [7, 11) is 0. The Bertz CT molecular complexity index is 1140. The molecule has 3 rings (SSSR count). The van der Waals surface area contributed by atoms with E-state index in [1.54, 1.807) is 18.2 Å². The Balaban J connectivity index is 1.50. The molecule has 9 nitrogen and oxygen atoms in total. The molecule has 33 heavy (non-hydrogen) atoms. The number of nitrogens with zero attached hydrogens (tertiary/aromatic N) is 1. The largest absolute Gasteiger partial charge is 0.455 e. The molecule has 0 aliphatic carbocycles. The highest BCUT2D eigenvalue weighted by Gasteiger charge is 2.36. The monoisotopic (exact) mass is 491 g/mol. The molecule has 1 atom stereocenters. The lowest BCUT2D eigenvalue weighted by atomic mass is 10.1. The van der Waals surface area contributed by atoms with E-state index in [1.165, 1.54) is 31.2 Å². The molecule has 0 unspecified atom stereocenters. The zero-order valence-electron chi connectivity index (χ0n) is 17.4. The number of carbonyl (C=O) groups is 5. The van der Waals surface area contributed by atoms with E-state index in [0.29, 0.717) is 11.3 Å². The molecule has 0 aromatic heterocycles. The van der Waals surface area contributed by atoms with Gasteiger partial charge >= 0.3 is 5.97 Å². The molecular weight excluding hydrogens is 473 g/mol. The number of nitrogens with one attached hydrogen (secondary N) is 2. The van der Waals surface area contributed by atoms with Crippen LogP contribution in [0.5, 0.6) is 0 Å². The predicted molar refractivity (Wildman–Crippen MR) is 120 cm³/mol. The van der Waals surface area contributed by atoms with E-state index >= 15 is 0 Å². The minimum atomic E-state index is -0.847. The summed E-state index contributed by atoms with van der Waals surface area (Å²) in [6.07, 6.45) is -0.178. The number of hydrogen-bond donors (Lipinski definition) is 2. The normalized spacial score (nSPS) is 15.2. The number of anilines is 1. The quantitative estimate of drug-likeness (QED) is 0.453. The molecule has 172 valence electrons. The van der Waals surface area contributed by atoms with Gasteiger partial charge in [0.1, 0.15) is 0 Å². The predicted octanol–water partition coefficient (Wildman–Crippen LogP) is 2.87. The van der Waals surface area contributed by atoms with Crippen LogP contribution in [0.15, 0.2) is 42.5 Å². The summed E-state index contributed by atoms with van der Waals surface area (Å²) in [6, 6.07) is 10.6. The van der Waals surface area contributed by atoms with Gasteiger partial charge in [0.25, 0.3) is 11.8 Å². The molecular formula is C22H19Cl2N3O6. The summed E-state index contributed by atoms with van der Waals surface area (Å²) in [5.41, 5.74) is 3.42. The van der Waals surface area contributed by atoms with Crippen molar-refractivity contribution in [3.8, 4) is 0 Å². The maximum absolute atomic E-state index is 12.3. The third kappa shape index (κ3) is 6.30. The topological polar surface area (TPSA) is 122 Å². The Morgan fingerprint density at radius 2 is 1.82 bits per heavy atom. The number of carbonyl (C=O) groups excluding carboxylic acids is 5. The fourth-order valence-electron chi connectivity index (χ4n) is 3.07. The number of esters is 1. The summed E-state index contributed by atoms with van der Waals surface area (Å²) >= 11 is 11.7. The Morgan fingerprint density at radius 3 is 2.52 bits per heavy atom. The highest BCUT2D eigenvalue weighted by atomic mass is 35.5. The van der Waals surface area contributed by atoms with Gasteiger partial charge in [-0.25, -0.2) is 0 Å². The van der Waals surface area contributed by atoms with E-state index in [9.17, 15) is 24.0 Å². The Labute approximate surface area is 198 Å². The van der Waals surface area contributed by atoms with Crippen LogP contribution in [0.2, 0.25) is 10.0 Å². The van der Waals surface area contributed by atoms with Crippen LogP contribution in [-0.4, -0.2) is 47.6 Å². The van der Waals surface area contributed by atoms with Crippen molar-refractivity contribution in [3.05, 3.63) is 63.6 Å². The van der Waals surface area contributed by atoms with Gasteiger partial charge in [0, 0.05) is 23.2 Å². The van der Waals surface area contributed by atoms with Crippen molar-refractivity contribution in [2.45, 2.75) is 13.3 Å². The van der Waals surface area contributed by atoms with Gasteiger partial charge in [-0.15, -0.1) is 0 Å². The molecule has 0 bridgehead atoms. The second-order valence-corrected chi connectivity index (χ2v) is 8.08. The van der Waals surface area contributed by atoms with E-state index < -0.39 is 36.2 Å². The molecule has 0 spiro atoms. The fourth-order valence-corrected chi connectivity index (χ4v) is 3.36. The maximum Gasteiger partial charge on any atom is 0.311 e. The van der Waals surface area contributed by atoms with E-state index in [-0.39, 0.29) is 34.4 Å². The van der Waals surface area contributed by atoms with Crippen molar-refractivity contribution in [1.29, 1.82) is 0 Å². The maximum atomic E-state index is 12.3. The molecule has 1 fully saturated rings.